The Bertz CT molecular complexity index is 790. The van der Waals surface area contributed by atoms with E-state index in [0.29, 0.717) is 21.8 Å². The van der Waals surface area contributed by atoms with Crippen molar-refractivity contribution < 1.29 is 19.1 Å². The molecule has 0 saturated heterocycles. The van der Waals surface area contributed by atoms with E-state index in [1.54, 1.807) is 24.3 Å². The summed E-state index contributed by atoms with van der Waals surface area (Å²) in [5, 5.41) is 3.06. The molecule has 0 heterocycles. The summed E-state index contributed by atoms with van der Waals surface area (Å²) >= 11 is 5.99. The topological polar surface area (TPSA) is 98.5 Å². The molecule has 0 spiro atoms. The molecule has 0 aliphatic heterocycles. The number of carbonyl (C=O) groups is 3. The van der Waals surface area contributed by atoms with Gasteiger partial charge in [-0.1, -0.05) is 29.8 Å². The summed E-state index contributed by atoms with van der Waals surface area (Å²) in [5.74, 6) is -1.60. The van der Waals surface area contributed by atoms with E-state index in [1.807, 2.05) is 0 Å². The largest absolute Gasteiger partial charge is 0.452 e. The van der Waals surface area contributed by atoms with Crippen LogP contribution in [0.2, 0.25) is 5.02 Å². The Labute approximate surface area is 149 Å². The first-order chi connectivity index (χ1) is 11.9. The normalized spacial score (nSPS) is 11.4. The molecule has 3 N–H and O–H groups in total. The highest BCUT2D eigenvalue weighted by Gasteiger charge is 2.19. The number of anilines is 1. The Balaban J connectivity index is 1.90. The van der Waals surface area contributed by atoms with E-state index in [9.17, 15) is 14.4 Å². The maximum absolute atomic E-state index is 12.1. The van der Waals surface area contributed by atoms with Crippen LogP contribution >= 0.6 is 11.6 Å². The second-order valence-corrected chi connectivity index (χ2v) is 5.74. The smallest absolute Gasteiger partial charge is 0.311 e. The molecule has 2 rings (SSSR count). The molecule has 2 amide bonds. The fourth-order valence-corrected chi connectivity index (χ4v) is 2.25. The fraction of sp³-hybridized carbons (Fsp3) is 0.167. The van der Waals surface area contributed by atoms with Crippen molar-refractivity contribution >= 4 is 35.1 Å². The average Bonchev–Trinajstić information content (AvgIpc) is 2.57. The van der Waals surface area contributed by atoms with Crippen LogP contribution in [0.5, 0.6) is 0 Å². The van der Waals surface area contributed by atoms with Crippen LogP contribution < -0.4 is 11.1 Å². The molecule has 0 bridgehead atoms. The Morgan fingerprint density at radius 3 is 2.36 bits per heavy atom. The lowest BCUT2D eigenvalue weighted by Crippen LogP contribution is -2.30. The summed E-state index contributed by atoms with van der Waals surface area (Å²) in [4.78, 5) is 35.0. The van der Waals surface area contributed by atoms with Crippen LogP contribution in [0.1, 0.15) is 22.8 Å². The van der Waals surface area contributed by atoms with Gasteiger partial charge in [0.2, 0.25) is 5.91 Å². The third kappa shape index (κ3) is 5.32. The zero-order valence-corrected chi connectivity index (χ0v) is 14.2. The van der Waals surface area contributed by atoms with E-state index in [1.165, 1.54) is 31.2 Å². The highest BCUT2D eigenvalue weighted by atomic mass is 35.5. The zero-order chi connectivity index (χ0) is 18.4. The average molecular weight is 361 g/mol. The standard InChI is InChI=1S/C18H17ClN2O4/c1-11(25-16(22)10-13-4-2-3-5-15(13)19)18(24)21-14-8-6-12(7-9-14)17(20)23/h2-9,11H,10H2,1H3,(H2,20,23)(H,21,24). The van der Waals surface area contributed by atoms with Crippen molar-refractivity contribution in [3.8, 4) is 0 Å². The Morgan fingerprint density at radius 1 is 1.12 bits per heavy atom. The predicted octanol–water partition coefficient (Wildman–Crippen LogP) is 2.55. The molecule has 0 saturated carbocycles. The number of carbonyl (C=O) groups excluding carboxylic acids is 3. The molecule has 25 heavy (non-hydrogen) atoms. The molecule has 0 aromatic heterocycles. The second kappa shape index (κ2) is 8.30. The van der Waals surface area contributed by atoms with Crippen molar-refractivity contribution in [3.05, 3.63) is 64.7 Å². The van der Waals surface area contributed by atoms with Crippen LogP contribution in [0.3, 0.4) is 0 Å². The number of amides is 2. The van der Waals surface area contributed by atoms with Crippen molar-refractivity contribution in [1.82, 2.24) is 0 Å². The molecule has 1 atom stereocenters. The van der Waals surface area contributed by atoms with Crippen LogP contribution in [-0.4, -0.2) is 23.9 Å². The quantitative estimate of drug-likeness (QED) is 0.773. The van der Waals surface area contributed by atoms with Crippen LogP contribution in [0.25, 0.3) is 0 Å². The van der Waals surface area contributed by atoms with Gasteiger partial charge < -0.3 is 15.8 Å². The summed E-state index contributed by atoms with van der Waals surface area (Å²) in [7, 11) is 0. The van der Waals surface area contributed by atoms with Gasteiger partial charge in [-0.25, -0.2) is 0 Å². The molecular formula is C18H17ClN2O4. The number of hydrogen-bond acceptors (Lipinski definition) is 4. The molecule has 2 aromatic rings. The predicted molar refractivity (Wildman–Crippen MR) is 94.3 cm³/mol. The molecule has 6 nitrogen and oxygen atoms in total. The van der Waals surface area contributed by atoms with E-state index in [-0.39, 0.29) is 6.42 Å². The third-order valence-electron chi connectivity index (χ3n) is 3.41. The summed E-state index contributed by atoms with van der Waals surface area (Å²) in [5.41, 5.74) is 6.57. The van der Waals surface area contributed by atoms with Gasteiger partial charge in [0.1, 0.15) is 0 Å². The maximum atomic E-state index is 12.1. The highest BCUT2D eigenvalue weighted by molar-refractivity contribution is 6.31. The minimum absolute atomic E-state index is 0.0232. The fourth-order valence-electron chi connectivity index (χ4n) is 2.05. The summed E-state index contributed by atoms with van der Waals surface area (Å²) in [6.45, 7) is 1.47. The third-order valence-corrected chi connectivity index (χ3v) is 3.78. The van der Waals surface area contributed by atoms with Gasteiger partial charge in [-0.3, -0.25) is 14.4 Å². The number of nitrogens with one attached hydrogen (secondary N) is 1. The maximum Gasteiger partial charge on any atom is 0.311 e. The first kappa shape index (κ1) is 18.5. The van der Waals surface area contributed by atoms with E-state index in [2.05, 4.69) is 5.32 Å². The van der Waals surface area contributed by atoms with E-state index >= 15 is 0 Å². The number of esters is 1. The van der Waals surface area contributed by atoms with Gasteiger partial charge in [0.05, 0.1) is 6.42 Å². The van der Waals surface area contributed by atoms with Gasteiger partial charge in [-0.2, -0.15) is 0 Å². The number of primary amides is 1. The number of halogens is 1. The highest BCUT2D eigenvalue weighted by Crippen LogP contribution is 2.16. The van der Waals surface area contributed by atoms with E-state index < -0.39 is 23.9 Å². The molecule has 2 aromatic carbocycles. The number of benzene rings is 2. The van der Waals surface area contributed by atoms with Gasteiger partial charge in [0.15, 0.2) is 6.10 Å². The lowest BCUT2D eigenvalue weighted by Gasteiger charge is -2.14. The molecule has 7 heteroatoms. The molecule has 0 fully saturated rings. The Morgan fingerprint density at radius 2 is 1.76 bits per heavy atom. The SMILES string of the molecule is CC(OC(=O)Cc1ccccc1Cl)C(=O)Nc1ccc(C(N)=O)cc1. The summed E-state index contributed by atoms with van der Waals surface area (Å²) in [6, 6.07) is 13.0. The molecule has 0 radical (unpaired) electrons. The zero-order valence-electron chi connectivity index (χ0n) is 13.5. The first-order valence-electron chi connectivity index (χ1n) is 7.50. The van der Waals surface area contributed by atoms with E-state index in [0.717, 1.165) is 0 Å². The Hall–Kier alpha value is -2.86. The minimum Gasteiger partial charge on any atom is -0.452 e. The number of rotatable bonds is 6. The van der Waals surface area contributed by atoms with Crippen molar-refractivity contribution in [3.63, 3.8) is 0 Å². The summed E-state index contributed by atoms with van der Waals surface area (Å²) in [6.07, 6.45) is -1.00. The monoisotopic (exact) mass is 360 g/mol. The molecule has 0 aliphatic rings. The molecular weight excluding hydrogens is 344 g/mol. The Kier molecular flexibility index (Phi) is 6.14. The van der Waals surface area contributed by atoms with Gasteiger partial charge in [0, 0.05) is 16.3 Å². The van der Waals surface area contributed by atoms with Crippen LogP contribution in [0.15, 0.2) is 48.5 Å². The van der Waals surface area contributed by atoms with Crippen molar-refractivity contribution in [2.45, 2.75) is 19.4 Å². The van der Waals surface area contributed by atoms with Gasteiger partial charge >= 0.3 is 5.97 Å². The first-order valence-corrected chi connectivity index (χ1v) is 7.88. The van der Waals surface area contributed by atoms with Gasteiger partial charge in [0.25, 0.3) is 5.91 Å². The van der Waals surface area contributed by atoms with Crippen molar-refractivity contribution in [2.24, 2.45) is 5.73 Å². The molecule has 1 unspecified atom stereocenters. The van der Waals surface area contributed by atoms with Gasteiger partial charge in [-0.15, -0.1) is 0 Å². The second-order valence-electron chi connectivity index (χ2n) is 5.33. The number of ether oxygens (including phenoxy) is 1. The summed E-state index contributed by atoms with van der Waals surface area (Å²) < 4.78 is 5.12. The lowest BCUT2D eigenvalue weighted by molar-refractivity contribution is -0.152. The van der Waals surface area contributed by atoms with Crippen LogP contribution in [-0.2, 0) is 20.7 Å². The number of hydrogen-bond donors (Lipinski definition) is 2. The van der Waals surface area contributed by atoms with Crippen molar-refractivity contribution in [1.29, 1.82) is 0 Å². The van der Waals surface area contributed by atoms with Crippen LogP contribution in [0, 0.1) is 0 Å². The van der Waals surface area contributed by atoms with Gasteiger partial charge in [-0.05, 0) is 42.8 Å². The lowest BCUT2D eigenvalue weighted by atomic mass is 10.1. The van der Waals surface area contributed by atoms with Crippen molar-refractivity contribution in [2.75, 3.05) is 5.32 Å². The number of nitrogens with two attached hydrogens (primary N) is 1. The van der Waals surface area contributed by atoms with Crippen LogP contribution in [0.4, 0.5) is 5.69 Å². The van der Waals surface area contributed by atoms with E-state index in [4.69, 9.17) is 22.1 Å². The molecule has 130 valence electrons. The molecule has 0 aliphatic carbocycles. The minimum atomic E-state index is -0.981.